The van der Waals surface area contributed by atoms with E-state index in [9.17, 15) is 0 Å². The molecule has 0 spiro atoms. The summed E-state index contributed by atoms with van der Waals surface area (Å²) < 4.78 is 35.9. The van der Waals surface area contributed by atoms with Crippen molar-refractivity contribution in [1.29, 1.82) is 0 Å². The highest BCUT2D eigenvalue weighted by molar-refractivity contribution is 7.19. The Labute approximate surface area is 642 Å². The topological polar surface area (TPSA) is 69.2 Å². The van der Waals surface area contributed by atoms with Crippen LogP contribution < -0.4 is 28.7 Å². The fraction of sp³-hybridized carbons (Fsp3) is 0.0408. The van der Waals surface area contributed by atoms with E-state index in [1.165, 1.54) is 76.4 Å². The molecule has 11 heteroatoms. The third-order valence-corrected chi connectivity index (χ3v) is 23.5. The summed E-state index contributed by atoms with van der Waals surface area (Å²) in [7, 11) is 0. The van der Waals surface area contributed by atoms with Gasteiger partial charge in [-0.2, -0.15) is 8.75 Å². The maximum Gasteiger partial charge on any atom is 0.120 e. The molecule has 0 aliphatic rings. The van der Waals surface area contributed by atoms with Crippen LogP contribution in [0, 0.1) is 0 Å². The summed E-state index contributed by atoms with van der Waals surface area (Å²) in [5, 5.41) is 15.1. The van der Waals surface area contributed by atoms with Gasteiger partial charge >= 0.3 is 0 Å². The van der Waals surface area contributed by atoms with E-state index < -0.39 is 0 Å². The van der Waals surface area contributed by atoms with Crippen LogP contribution in [0.4, 0.5) is 34.1 Å². The van der Waals surface area contributed by atoms with E-state index in [1.54, 1.807) is 22.7 Å². The number of rotatable bonds is 22. The molecule has 17 aromatic carbocycles. The zero-order chi connectivity index (χ0) is 72.1. The zero-order valence-electron chi connectivity index (χ0n) is 59.0. The van der Waals surface area contributed by atoms with E-state index in [2.05, 4.69) is 325 Å². The molecule has 520 valence electrons. The maximum absolute atomic E-state index is 6.54. The Morgan fingerprint density at radius 1 is 0.248 bits per heavy atom. The van der Waals surface area contributed by atoms with Crippen molar-refractivity contribution in [2.75, 3.05) is 9.80 Å². The van der Waals surface area contributed by atoms with Crippen molar-refractivity contribution in [2.24, 2.45) is 0 Å². The van der Waals surface area contributed by atoms with E-state index in [0.717, 1.165) is 132 Å². The molecule has 0 radical (unpaired) electrons. The molecule has 20 aromatic rings. The minimum Gasteiger partial charge on any atom is -0.489 e. The van der Waals surface area contributed by atoms with Crippen molar-refractivity contribution in [3.05, 3.63) is 374 Å². The summed E-state index contributed by atoms with van der Waals surface area (Å²) in [4.78, 5) is 9.25. The number of thiophene rings is 2. The zero-order valence-corrected chi connectivity index (χ0v) is 61.4. The van der Waals surface area contributed by atoms with Crippen LogP contribution in [-0.4, -0.2) is 8.75 Å². The number of nitrogens with zero attached hydrogens (tertiary/aromatic N) is 4. The fourth-order valence-electron chi connectivity index (χ4n) is 15.5. The van der Waals surface area contributed by atoms with Gasteiger partial charge in [-0.25, -0.2) is 0 Å². The van der Waals surface area contributed by atoms with Crippen LogP contribution in [0.5, 0.6) is 23.0 Å². The Morgan fingerprint density at radius 2 is 0.578 bits per heavy atom. The highest BCUT2D eigenvalue weighted by Gasteiger charge is 2.23. The molecule has 8 nitrogen and oxygen atoms in total. The van der Waals surface area contributed by atoms with Crippen molar-refractivity contribution < 1.29 is 18.9 Å². The first kappa shape index (κ1) is 65.4. The Morgan fingerprint density at radius 3 is 1.00 bits per heavy atom. The first-order valence-corrected chi connectivity index (χ1v) is 38.9. The van der Waals surface area contributed by atoms with Crippen LogP contribution in [0.2, 0.25) is 0 Å². The van der Waals surface area contributed by atoms with E-state index >= 15 is 0 Å². The highest BCUT2D eigenvalue weighted by Crippen LogP contribution is 2.48. The minimum atomic E-state index is 0.388. The van der Waals surface area contributed by atoms with E-state index in [4.69, 9.17) is 27.7 Å². The van der Waals surface area contributed by atoms with E-state index in [-0.39, 0.29) is 0 Å². The Hall–Kier alpha value is -13.2. The van der Waals surface area contributed by atoms with Gasteiger partial charge in [-0.3, -0.25) is 0 Å². The first-order valence-electron chi connectivity index (χ1n) is 36.5. The number of ether oxygens (including phenoxy) is 4. The second-order valence-corrected chi connectivity index (χ2v) is 30.2. The predicted octanol–water partition coefficient (Wildman–Crippen LogP) is 27.5. The van der Waals surface area contributed by atoms with Crippen molar-refractivity contribution >= 4 is 144 Å². The van der Waals surface area contributed by atoms with E-state index in [0.29, 0.717) is 26.4 Å². The van der Waals surface area contributed by atoms with Crippen molar-refractivity contribution in [3.63, 3.8) is 0 Å². The predicted molar refractivity (Wildman–Crippen MR) is 455 cm³/mol. The van der Waals surface area contributed by atoms with Crippen LogP contribution in [0.1, 0.15) is 22.3 Å². The lowest BCUT2D eigenvalue weighted by atomic mass is 9.93. The molecule has 0 N–H and O–H groups in total. The van der Waals surface area contributed by atoms with Gasteiger partial charge in [0.25, 0.3) is 0 Å². The maximum atomic E-state index is 6.54. The number of hydrogen-bond acceptors (Lipinski definition) is 11. The third-order valence-electron chi connectivity index (χ3n) is 20.7. The summed E-state index contributed by atoms with van der Waals surface area (Å²) in [6.07, 6.45) is 0. The fourth-order valence-corrected chi connectivity index (χ4v) is 18.2. The lowest BCUT2D eigenvalue weighted by molar-refractivity contribution is 0.296. The molecular weight excluding hydrogens is 1390 g/mol. The van der Waals surface area contributed by atoms with Crippen molar-refractivity contribution in [2.45, 2.75) is 26.4 Å². The third kappa shape index (κ3) is 12.7. The van der Waals surface area contributed by atoms with E-state index in [1.807, 2.05) is 36.4 Å². The molecule has 0 aliphatic heterocycles. The number of benzene rings is 17. The molecular formula is C98H66N4O4S3. The number of para-hydroxylation sites is 2. The van der Waals surface area contributed by atoms with Gasteiger partial charge in [0.05, 0.1) is 23.1 Å². The van der Waals surface area contributed by atoms with Crippen LogP contribution in [0.15, 0.2) is 352 Å². The van der Waals surface area contributed by atoms with Gasteiger partial charge in [0.15, 0.2) is 0 Å². The number of aromatic nitrogens is 2. The lowest BCUT2D eigenvalue weighted by Crippen LogP contribution is -2.11. The average molecular weight is 1460 g/mol. The van der Waals surface area contributed by atoms with Gasteiger partial charge in [-0.1, -0.05) is 218 Å². The highest BCUT2D eigenvalue weighted by atomic mass is 32.1. The minimum absolute atomic E-state index is 0.388. The number of hydrogen-bond donors (Lipinski definition) is 0. The van der Waals surface area contributed by atoms with Gasteiger partial charge < -0.3 is 28.7 Å². The summed E-state index contributed by atoms with van der Waals surface area (Å²) in [5.74, 6) is 3.15. The second-order valence-electron chi connectivity index (χ2n) is 27.5. The Bertz CT molecular complexity index is 6320. The molecule has 0 aliphatic carbocycles. The van der Waals surface area contributed by atoms with Gasteiger partial charge in [-0.05, 0) is 221 Å². The van der Waals surface area contributed by atoms with Crippen LogP contribution >= 0.6 is 34.4 Å². The molecule has 0 saturated carbocycles. The monoisotopic (exact) mass is 1460 g/mol. The van der Waals surface area contributed by atoms with Crippen LogP contribution in [-0.2, 0) is 26.4 Å². The molecule has 0 amide bonds. The molecule has 20 rings (SSSR count). The van der Waals surface area contributed by atoms with Crippen molar-refractivity contribution in [3.8, 4) is 64.8 Å². The second kappa shape index (κ2) is 28.3. The summed E-state index contributed by atoms with van der Waals surface area (Å²) in [6, 6.07) is 125. The molecule has 0 atom stereocenters. The molecule has 3 heterocycles. The van der Waals surface area contributed by atoms with Gasteiger partial charge in [0, 0.05) is 64.2 Å². The lowest BCUT2D eigenvalue weighted by Gasteiger charge is -2.28. The molecule has 3 aromatic heterocycles. The number of fused-ring (bicyclic) bond motifs is 1. The summed E-state index contributed by atoms with van der Waals surface area (Å²) >= 11 is 4.73. The van der Waals surface area contributed by atoms with Crippen LogP contribution in [0.3, 0.4) is 0 Å². The average Bonchev–Trinajstić information content (AvgIpc) is 1.09. The van der Waals surface area contributed by atoms with Gasteiger partial charge in [-0.15, -0.1) is 22.7 Å². The summed E-state index contributed by atoms with van der Waals surface area (Å²) in [5.41, 5.74) is 16.8. The normalized spacial score (nSPS) is 11.6. The molecule has 109 heavy (non-hydrogen) atoms. The quantitative estimate of drug-likeness (QED) is 0.0622. The van der Waals surface area contributed by atoms with Crippen LogP contribution in [0.25, 0.3) is 117 Å². The molecule has 0 saturated heterocycles. The Kier molecular flexibility index (Phi) is 17.0. The molecule has 0 unspecified atom stereocenters. The standard InChI is InChI=1S/C98H66N4O4S3/c1-3-25-75(26-4-1)101(87-47-41-71-37-35-67-19-11-21-69-39-43-83(87)95(71)93(67)69)77-29-7-15-63(53-77)59-103-79-31-9-17-65(55-79)61-105-81-33-13-23-73(57-81)89-49-51-91(107-89)85-45-46-86(98-97(85)99-109-100-98)92-52-50-90(108-92)74-24-14-34-82(58-74)106-62-66-18-10-32-80(56-66)104-60-64-16-8-30-78(54-64)102(76-27-5-2-6-28-76)88-48-42-72-38-36-68-20-12-22-70-40-44-84(88)96(72)94(68)70/h1-58H,59-62H2. The number of anilines is 6. The smallest absolute Gasteiger partial charge is 0.120 e. The van der Waals surface area contributed by atoms with Gasteiger partial charge in [0.1, 0.15) is 60.5 Å². The Balaban J connectivity index is 0.471. The summed E-state index contributed by atoms with van der Waals surface area (Å²) in [6.45, 7) is 1.58. The SMILES string of the molecule is c1ccc(N(c2cccc(COc3cccc(COc4cccc(-c5ccc(-c6ccc(-c7ccc(-c8cccc(OCc9cccc(OCc%10cccc(N(c%11ccccc%11)c%11ccc%12ccc%13cccc%14ccc%11c%12c%13%14)c%10)c9)c8)s7)c7nsnc67)s5)c4)c3)c2)c2ccc3ccc4cccc5ccc2c3c45)cc1. The first-order chi connectivity index (χ1) is 54.0. The van der Waals surface area contributed by atoms with Crippen molar-refractivity contribution in [1.82, 2.24) is 8.75 Å². The largest absolute Gasteiger partial charge is 0.489 e. The molecule has 0 fully saturated rings. The van der Waals surface area contributed by atoms with Gasteiger partial charge in [0.2, 0.25) is 0 Å². The molecule has 0 bridgehead atoms.